The Labute approximate surface area is 148 Å². The Bertz CT molecular complexity index is 809. The van der Waals surface area contributed by atoms with Crippen molar-refractivity contribution in [3.8, 4) is 11.4 Å². The Hall–Kier alpha value is -2.61. The van der Waals surface area contributed by atoms with Gasteiger partial charge in [0.05, 0.1) is 12.0 Å². The number of aromatic nitrogens is 2. The van der Waals surface area contributed by atoms with Crippen molar-refractivity contribution in [2.24, 2.45) is 5.41 Å². The molecule has 9 heteroatoms. The molecule has 25 heavy (non-hydrogen) atoms. The van der Waals surface area contributed by atoms with E-state index in [-0.39, 0.29) is 25.0 Å². The van der Waals surface area contributed by atoms with Gasteiger partial charge in [-0.1, -0.05) is 28.9 Å². The number of carbonyl (C=O) groups is 2. The van der Waals surface area contributed by atoms with Gasteiger partial charge in [0.25, 0.3) is 0 Å². The Morgan fingerprint density at radius 3 is 2.96 bits per heavy atom. The number of amides is 2. The average Bonchev–Trinajstić information content (AvgIpc) is 3.20. The number of carboxylic acid groups (broad SMARTS) is 1. The topological polar surface area (TPSA) is 109 Å². The van der Waals surface area contributed by atoms with Gasteiger partial charge < -0.3 is 19.8 Å². The molecule has 0 bridgehead atoms. The van der Waals surface area contributed by atoms with E-state index in [1.807, 2.05) is 0 Å². The van der Waals surface area contributed by atoms with Crippen molar-refractivity contribution < 1.29 is 19.2 Å². The average molecular weight is 365 g/mol. The molecule has 0 aliphatic carbocycles. The number of benzene rings is 1. The van der Waals surface area contributed by atoms with Gasteiger partial charge in [-0.2, -0.15) is 4.98 Å². The van der Waals surface area contributed by atoms with E-state index in [0.717, 1.165) is 0 Å². The molecule has 1 fully saturated rings. The molecule has 1 atom stereocenters. The summed E-state index contributed by atoms with van der Waals surface area (Å²) in [6, 6.07) is 6.68. The first-order chi connectivity index (χ1) is 11.9. The summed E-state index contributed by atoms with van der Waals surface area (Å²) >= 11 is 5.93. The lowest BCUT2D eigenvalue weighted by Crippen LogP contribution is -2.40. The monoisotopic (exact) mass is 364 g/mol. The predicted molar refractivity (Wildman–Crippen MR) is 88.9 cm³/mol. The summed E-state index contributed by atoms with van der Waals surface area (Å²) in [5.41, 5.74) is -0.188. The molecule has 1 aromatic carbocycles. The second-order valence-corrected chi connectivity index (χ2v) is 6.65. The van der Waals surface area contributed by atoms with Gasteiger partial charge >= 0.3 is 12.0 Å². The molecule has 8 nitrogen and oxygen atoms in total. The molecule has 2 aromatic rings. The van der Waals surface area contributed by atoms with Crippen molar-refractivity contribution in [3.63, 3.8) is 0 Å². The van der Waals surface area contributed by atoms with Crippen molar-refractivity contribution in [1.82, 2.24) is 20.4 Å². The van der Waals surface area contributed by atoms with Gasteiger partial charge in [-0.3, -0.25) is 4.79 Å². The van der Waals surface area contributed by atoms with Gasteiger partial charge in [-0.25, -0.2) is 4.79 Å². The minimum absolute atomic E-state index is 0.0622. The number of nitrogens with one attached hydrogen (secondary N) is 1. The van der Waals surface area contributed by atoms with Gasteiger partial charge in [-0.05, 0) is 25.5 Å². The summed E-state index contributed by atoms with van der Waals surface area (Å²) in [6.07, 6.45) is 0.426. The van der Waals surface area contributed by atoms with Crippen LogP contribution >= 0.6 is 11.6 Å². The molecule has 3 rings (SSSR count). The number of likely N-dealkylation sites (tertiary alicyclic amines) is 1. The quantitative estimate of drug-likeness (QED) is 0.862. The van der Waals surface area contributed by atoms with Crippen LogP contribution in [-0.2, 0) is 11.3 Å². The molecule has 1 aliphatic rings. The van der Waals surface area contributed by atoms with Crippen LogP contribution in [0.5, 0.6) is 0 Å². The maximum Gasteiger partial charge on any atom is 0.317 e. The van der Waals surface area contributed by atoms with E-state index in [1.165, 1.54) is 4.90 Å². The first-order valence-corrected chi connectivity index (χ1v) is 8.10. The van der Waals surface area contributed by atoms with Gasteiger partial charge in [0, 0.05) is 23.7 Å². The lowest BCUT2D eigenvalue weighted by atomic mass is 9.90. The molecule has 0 saturated carbocycles. The van der Waals surface area contributed by atoms with Gasteiger partial charge in [0.2, 0.25) is 11.7 Å². The summed E-state index contributed by atoms with van der Waals surface area (Å²) in [7, 11) is 0. The molecule has 132 valence electrons. The number of halogens is 1. The summed E-state index contributed by atoms with van der Waals surface area (Å²) in [5, 5.41) is 16.3. The summed E-state index contributed by atoms with van der Waals surface area (Å²) in [4.78, 5) is 29.1. The summed E-state index contributed by atoms with van der Waals surface area (Å²) < 4.78 is 5.12. The third kappa shape index (κ3) is 3.74. The predicted octanol–water partition coefficient (Wildman–Crippen LogP) is 2.40. The van der Waals surface area contributed by atoms with E-state index in [9.17, 15) is 14.7 Å². The van der Waals surface area contributed by atoms with Gasteiger partial charge in [0.1, 0.15) is 0 Å². The van der Waals surface area contributed by atoms with Crippen LogP contribution in [0.15, 0.2) is 28.8 Å². The van der Waals surface area contributed by atoms with Crippen LogP contribution in [0.1, 0.15) is 19.2 Å². The number of carboxylic acids is 1. The lowest BCUT2D eigenvalue weighted by Gasteiger charge is -2.20. The number of rotatable bonds is 4. The highest BCUT2D eigenvalue weighted by Gasteiger charge is 2.42. The van der Waals surface area contributed by atoms with Crippen LogP contribution < -0.4 is 5.32 Å². The molecular formula is C16H17ClN4O4. The maximum atomic E-state index is 12.2. The highest BCUT2D eigenvalue weighted by molar-refractivity contribution is 6.30. The zero-order valence-corrected chi connectivity index (χ0v) is 14.3. The Morgan fingerprint density at radius 2 is 2.28 bits per heavy atom. The summed E-state index contributed by atoms with van der Waals surface area (Å²) in [6.45, 7) is 2.27. The molecule has 0 radical (unpaired) electrons. The van der Waals surface area contributed by atoms with Crippen LogP contribution in [0.25, 0.3) is 11.4 Å². The number of nitrogens with zero attached hydrogens (tertiary/aromatic N) is 3. The van der Waals surface area contributed by atoms with Crippen LogP contribution in [-0.4, -0.2) is 45.2 Å². The smallest absolute Gasteiger partial charge is 0.317 e. The minimum Gasteiger partial charge on any atom is -0.481 e. The number of aliphatic carboxylic acids is 1. The minimum atomic E-state index is -0.901. The molecular weight excluding hydrogens is 348 g/mol. The molecule has 2 heterocycles. The third-order valence-electron chi connectivity index (χ3n) is 4.22. The van der Waals surface area contributed by atoms with E-state index < -0.39 is 11.4 Å². The van der Waals surface area contributed by atoms with E-state index in [0.29, 0.717) is 29.4 Å². The highest BCUT2D eigenvalue weighted by atomic mass is 35.5. The van der Waals surface area contributed by atoms with E-state index >= 15 is 0 Å². The Morgan fingerprint density at radius 1 is 1.48 bits per heavy atom. The Kier molecular flexibility index (Phi) is 4.63. The largest absolute Gasteiger partial charge is 0.481 e. The van der Waals surface area contributed by atoms with Crippen molar-refractivity contribution >= 4 is 23.6 Å². The lowest BCUT2D eigenvalue weighted by molar-refractivity contribution is -0.147. The number of urea groups is 1. The zero-order chi connectivity index (χ0) is 18.0. The van der Waals surface area contributed by atoms with Crippen molar-refractivity contribution in [1.29, 1.82) is 0 Å². The fraction of sp³-hybridized carbons (Fsp3) is 0.375. The molecule has 1 unspecified atom stereocenters. The molecule has 0 spiro atoms. The number of carbonyl (C=O) groups excluding carboxylic acids is 1. The molecule has 1 aromatic heterocycles. The number of hydrogen-bond donors (Lipinski definition) is 2. The van der Waals surface area contributed by atoms with E-state index in [2.05, 4.69) is 15.5 Å². The van der Waals surface area contributed by atoms with E-state index in [1.54, 1.807) is 31.2 Å². The summed E-state index contributed by atoms with van der Waals surface area (Å²) in [5.74, 6) is -0.263. The molecule has 1 saturated heterocycles. The third-order valence-corrected chi connectivity index (χ3v) is 4.45. The Balaban J connectivity index is 1.58. The number of hydrogen-bond acceptors (Lipinski definition) is 5. The van der Waals surface area contributed by atoms with E-state index in [4.69, 9.17) is 16.1 Å². The first kappa shape index (κ1) is 17.2. The zero-order valence-electron chi connectivity index (χ0n) is 13.5. The molecule has 2 N–H and O–H groups in total. The fourth-order valence-electron chi connectivity index (χ4n) is 2.64. The van der Waals surface area contributed by atoms with Crippen LogP contribution in [0.2, 0.25) is 5.02 Å². The standard InChI is InChI=1S/C16H17ClN4O4/c1-16(14(22)23)5-6-21(9-16)15(24)18-8-12-19-13(20-25-12)10-3-2-4-11(17)7-10/h2-4,7H,5-6,8-9H2,1H3,(H,18,24)(H,22,23). The van der Waals surface area contributed by atoms with Crippen molar-refractivity contribution in [2.45, 2.75) is 19.9 Å². The SMILES string of the molecule is CC1(C(=O)O)CCN(C(=O)NCc2nc(-c3cccc(Cl)c3)no2)C1. The fourth-order valence-corrected chi connectivity index (χ4v) is 2.83. The first-order valence-electron chi connectivity index (χ1n) is 7.72. The van der Waals surface area contributed by atoms with Crippen LogP contribution in [0, 0.1) is 5.41 Å². The highest BCUT2D eigenvalue weighted by Crippen LogP contribution is 2.30. The maximum absolute atomic E-state index is 12.2. The molecule has 2 amide bonds. The molecule has 1 aliphatic heterocycles. The normalized spacial score (nSPS) is 19.8. The van der Waals surface area contributed by atoms with Crippen molar-refractivity contribution in [3.05, 3.63) is 35.2 Å². The van der Waals surface area contributed by atoms with Crippen molar-refractivity contribution in [2.75, 3.05) is 13.1 Å². The van der Waals surface area contributed by atoms with Crippen LogP contribution in [0.4, 0.5) is 4.79 Å². The van der Waals surface area contributed by atoms with Crippen LogP contribution in [0.3, 0.4) is 0 Å². The second-order valence-electron chi connectivity index (χ2n) is 6.22. The second kappa shape index (κ2) is 6.72. The van der Waals surface area contributed by atoms with Gasteiger partial charge in [-0.15, -0.1) is 0 Å². The van der Waals surface area contributed by atoms with Gasteiger partial charge in [0.15, 0.2) is 0 Å².